The van der Waals surface area contributed by atoms with Crippen molar-refractivity contribution < 1.29 is 14.4 Å². The summed E-state index contributed by atoms with van der Waals surface area (Å²) in [6.45, 7) is 5.85. The van der Waals surface area contributed by atoms with Crippen molar-refractivity contribution in [3.8, 4) is 0 Å². The van der Waals surface area contributed by atoms with E-state index < -0.39 is 0 Å². The summed E-state index contributed by atoms with van der Waals surface area (Å²) in [4.78, 5) is 37.9. The number of hydrogen-bond acceptors (Lipinski definition) is 3. The first-order valence-corrected chi connectivity index (χ1v) is 8.78. The Morgan fingerprint density at radius 2 is 1.76 bits per heavy atom. The van der Waals surface area contributed by atoms with Gasteiger partial charge in [-0.2, -0.15) is 0 Å². The number of carbonyl (C=O) groups is 3. The number of hydrogen-bond donors (Lipinski definition) is 2. The van der Waals surface area contributed by atoms with Gasteiger partial charge < -0.3 is 15.5 Å². The second-order valence-electron chi connectivity index (χ2n) is 7.04. The van der Waals surface area contributed by atoms with Gasteiger partial charge in [-0.05, 0) is 37.8 Å². The molecule has 1 aromatic carbocycles. The molecule has 1 aliphatic rings. The molecule has 0 heterocycles. The summed E-state index contributed by atoms with van der Waals surface area (Å²) in [5, 5.41) is 5.32. The highest BCUT2D eigenvalue weighted by Crippen LogP contribution is 2.27. The highest BCUT2D eigenvalue weighted by Gasteiger charge is 2.33. The molecule has 0 unspecified atom stereocenters. The van der Waals surface area contributed by atoms with Crippen molar-refractivity contribution in [1.82, 2.24) is 10.2 Å². The first-order chi connectivity index (χ1) is 11.8. The molecule has 1 aromatic rings. The Kier molecular flexibility index (Phi) is 6.56. The maximum absolute atomic E-state index is 12.2. The number of benzene rings is 1. The number of carbonyl (C=O) groups excluding carboxylic acids is 3. The molecule has 0 spiro atoms. The quantitative estimate of drug-likeness (QED) is 0.757. The minimum absolute atomic E-state index is 0.0109. The van der Waals surface area contributed by atoms with Crippen LogP contribution in [0.3, 0.4) is 0 Å². The molecule has 2 N–H and O–H groups in total. The monoisotopic (exact) mass is 345 g/mol. The molecular formula is C19H27N3O3. The zero-order valence-electron chi connectivity index (χ0n) is 15.2. The molecule has 0 radical (unpaired) electrons. The minimum Gasteiger partial charge on any atom is -0.345 e. The first kappa shape index (κ1) is 19.0. The molecule has 2 rings (SSSR count). The average molecular weight is 345 g/mol. The Labute approximate surface area is 149 Å². The minimum atomic E-state index is -0.303. The molecule has 6 nitrogen and oxygen atoms in total. The number of anilines is 1. The number of rotatable bonds is 8. The van der Waals surface area contributed by atoms with Gasteiger partial charge in [0, 0.05) is 18.2 Å². The normalized spacial score (nSPS) is 13.4. The van der Waals surface area contributed by atoms with Crippen LogP contribution in [0, 0.1) is 12.8 Å². The predicted molar refractivity (Wildman–Crippen MR) is 97.0 cm³/mol. The first-order valence-electron chi connectivity index (χ1n) is 8.78. The van der Waals surface area contributed by atoms with E-state index >= 15 is 0 Å². The zero-order chi connectivity index (χ0) is 18.4. The van der Waals surface area contributed by atoms with E-state index in [0.717, 1.165) is 18.4 Å². The van der Waals surface area contributed by atoms with Gasteiger partial charge in [0.2, 0.25) is 17.7 Å². The van der Waals surface area contributed by atoms with Gasteiger partial charge in [-0.25, -0.2) is 0 Å². The van der Waals surface area contributed by atoms with Crippen LogP contribution >= 0.6 is 0 Å². The summed E-state index contributed by atoms with van der Waals surface area (Å²) < 4.78 is 0. The summed E-state index contributed by atoms with van der Waals surface area (Å²) >= 11 is 0. The van der Waals surface area contributed by atoms with Crippen LogP contribution in [-0.4, -0.2) is 41.8 Å². The van der Waals surface area contributed by atoms with Gasteiger partial charge in [0.15, 0.2) is 0 Å². The van der Waals surface area contributed by atoms with E-state index in [1.54, 1.807) is 4.90 Å². The maximum atomic E-state index is 12.2. The summed E-state index contributed by atoms with van der Waals surface area (Å²) in [5.74, 6) is -0.319. The van der Waals surface area contributed by atoms with Crippen molar-refractivity contribution in [3.63, 3.8) is 0 Å². The fraction of sp³-hybridized carbons (Fsp3) is 0.526. The lowest BCUT2D eigenvalue weighted by Gasteiger charge is -2.22. The van der Waals surface area contributed by atoms with Crippen LogP contribution in [0.15, 0.2) is 24.3 Å². The largest absolute Gasteiger partial charge is 0.345 e. The van der Waals surface area contributed by atoms with E-state index in [1.165, 1.54) is 0 Å². The SMILES string of the molecule is Cc1ccc(NC(=O)CNC(=O)CN(C(=O)CC(C)C)C2CC2)cc1. The molecule has 0 aromatic heterocycles. The highest BCUT2D eigenvalue weighted by atomic mass is 16.2. The third kappa shape index (κ3) is 6.57. The number of nitrogens with zero attached hydrogens (tertiary/aromatic N) is 1. The maximum Gasteiger partial charge on any atom is 0.243 e. The van der Waals surface area contributed by atoms with Gasteiger partial charge in [-0.3, -0.25) is 14.4 Å². The van der Waals surface area contributed by atoms with Crippen LogP contribution in [0.2, 0.25) is 0 Å². The lowest BCUT2D eigenvalue weighted by molar-refractivity contribution is -0.137. The molecule has 1 aliphatic carbocycles. The number of nitrogens with one attached hydrogen (secondary N) is 2. The fourth-order valence-electron chi connectivity index (χ4n) is 2.51. The number of aryl methyl sites for hydroxylation is 1. The molecule has 25 heavy (non-hydrogen) atoms. The van der Waals surface area contributed by atoms with E-state index in [9.17, 15) is 14.4 Å². The summed E-state index contributed by atoms with van der Waals surface area (Å²) in [6.07, 6.45) is 2.34. The van der Waals surface area contributed by atoms with Gasteiger partial charge in [0.1, 0.15) is 0 Å². The Hall–Kier alpha value is -2.37. The number of amides is 3. The molecule has 3 amide bonds. The second kappa shape index (κ2) is 8.65. The summed E-state index contributed by atoms with van der Waals surface area (Å²) in [5.41, 5.74) is 1.80. The summed E-state index contributed by atoms with van der Waals surface area (Å²) in [6, 6.07) is 7.62. The lowest BCUT2D eigenvalue weighted by Crippen LogP contribution is -2.44. The van der Waals surface area contributed by atoms with Gasteiger partial charge in [0.05, 0.1) is 13.1 Å². The van der Waals surface area contributed by atoms with Crippen LogP contribution in [0.5, 0.6) is 0 Å². The van der Waals surface area contributed by atoms with Crippen molar-refractivity contribution in [1.29, 1.82) is 0 Å². The van der Waals surface area contributed by atoms with Crippen molar-refractivity contribution in [3.05, 3.63) is 29.8 Å². The molecule has 136 valence electrons. The molecule has 0 aliphatic heterocycles. The third-order valence-electron chi connectivity index (χ3n) is 3.99. The van der Waals surface area contributed by atoms with Crippen LogP contribution < -0.4 is 10.6 Å². The van der Waals surface area contributed by atoms with Crippen LogP contribution in [0.1, 0.15) is 38.7 Å². The Morgan fingerprint density at radius 3 is 2.32 bits per heavy atom. The fourth-order valence-corrected chi connectivity index (χ4v) is 2.51. The lowest BCUT2D eigenvalue weighted by atomic mass is 10.1. The van der Waals surface area contributed by atoms with Crippen molar-refractivity contribution in [2.45, 2.75) is 46.1 Å². The van der Waals surface area contributed by atoms with Gasteiger partial charge in [-0.1, -0.05) is 31.5 Å². The van der Waals surface area contributed by atoms with E-state index in [1.807, 2.05) is 45.0 Å². The molecule has 1 fully saturated rings. The van der Waals surface area contributed by atoms with E-state index in [0.29, 0.717) is 12.1 Å². The molecule has 1 saturated carbocycles. The van der Waals surface area contributed by atoms with Crippen molar-refractivity contribution in [2.75, 3.05) is 18.4 Å². The van der Waals surface area contributed by atoms with Crippen LogP contribution in [0.4, 0.5) is 5.69 Å². The molecule has 0 saturated heterocycles. The standard InChI is InChI=1S/C19H27N3O3/c1-13(2)10-19(25)22(16-8-9-16)12-18(24)20-11-17(23)21-15-6-4-14(3)5-7-15/h4-7,13,16H,8-12H2,1-3H3,(H,20,24)(H,21,23). The van der Waals surface area contributed by atoms with Gasteiger partial charge >= 0.3 is 0 Å². The van der Waals surface area contributed by atoms with Gasteiger partial charge in [-0.15, -0.1) is 0 Å². The van der Waals surface area contributed by atoms with E-state index in [4.69, 9.17) is 0 Å². The topological polar surface area (TPSA) is 78.5 Å². The second-order valence-corrected chi connectivity index (χ2v) is 7.04. The Bertz CT molecular complexity index is 621. The Morgan fingerprint density at radius 1 is 1.12 bits per heavy atom. The van der Waals surface area contributed by atoms with Crippen molar-refractivity contribution in [2.24, 2.45) is 5.92 Å². The highest BCUT2D eigenvalue weighted by molar-refractivity contribution is 5.95. The third-order valence-corrected chi connectivity index (χ3v) is 3.99. The molecule has 6 heteroatoms. The molecule has 0 bridgehead atoms. The van der Waals surface area contributed by atoms with E-state index in [-0.39, 0.29) is 42.8 Å². The average Bonchev–Trinajstić information content (AvgIpc) is 3.37. The smallest absolute Gasteiger partial charge is 0.243 e. The Balaban J connectivity index is 1.77. The molecular weight excluding hydrogens is 318 g/mol. The van der Waals surface area contributed by atoms with Crippen LogP contribution in [-0.2, 0) is 14.4 Å². The summed E-state index contributed by atoms with van der Waals surface area (Å²) in [7, 11) is 0. The zero-order valence-corrected chi connectivity index (χ0v) is 15.2. The predicted octanol–water partition coefficient (Wildman–Crippen LogP) is 2.09. The van der Waals surface area contributed by atoms with E-state index in [2.05, 4.69) is 10.6 Å². The van der Waals surface area contributed by atoms with Gasteiger partial charge in [0.25, 0.3) is 0 Å². The molecule has 0 atom stereocenters. The van der Waals surface area contributed by atoms with Crippen LogP contribution in [0.25, 0.3) is 0 Å². The van der Waals surface area contributed by atoms with Crippen molar-refractivity contribution >= 4 is 23.4 Å².